The van der Waals surface area contributed by atoms with Gasteiger partial charge in [0.1, 0.15) is 0 Å². The number of rotatable bonds is 4. The molecule has 1 aliphatic carbocycles. The molecule has 0 aromatic carbocycles. The Balaban J connectivity index is 1.84. The van der Waals surface area contributed by atoms with Gasteiger partial charge >= 0.3 is 0 Å². The lowest BCUT2D eigenvalue weighted by molar-refractivity contribution is -0.136. The summed E-state index contributed by atoms with van der Waals surface area (Å²) in [5.41, 5.74) is 6.05. The van der Waals surface area contributed by atoms with Gasteiger partial charge in [-0.1, -0.05) is 12.8 Å². The maximum Gasteiger partial charge on any atom is 0.224 e. The van der Waals surface area contributed by atoms with Crippen molar-refractivity contribution in [2.75, 3.05) is 19.7 Å². The molecule has 1 aliphatic heterocycles. The zero-order valence-corrected chi connectivity index (χ0v) is 11.5. The summed E-state index contributed by atoms with van der Waals surface area (Å²) in [4.78, 5) is 14.3. The Hall–Kier alpha value is -0.610. The maximum atomic E-state index is 12.3. The van der Waals surface area contributed by atoms with E-state index in [0.717, 1.165) is 45.4 Å². The number of nitrogens with two attached hydrogens (primary N) is 1. The quantitative estimate of drug-likeness (QED) is 0.830. The van der Waals surface area contributed by atoms with Crippen LogP contribution in [0.4, 0.5) is 0 Å². The van der Waals surface area contributed by atoms with E-state index >= 15 is 0 Å². The minimum atomic E-state index is -0.227. The number of ether oxygens (including phenoxy) is 1. The van der Waals surface area contributed by atoms with E-state index in [1.807, 2.05) is 11.8 Å². The van der Waals surface area contributed by atoms with Crippen LogP contribution in [0, 0.1) is 0 Å². The largest absolute Gasteiger partial charge is 0.377 e. The number of hydrogen-bond donors (Lipinski definition) is 1. The lowest BCUT2D eigenvalue weighted by Gasteiger charge is -2.34. The van der Waals surface area contributed by atoms with Crippen LogP contribution in [0.2, 0.25) is 0 Å². The van der Waals surface area contributed by atoms with Crippen molar-refractivity contribution in [3.63, 3.8) is 0 Å². The van der Waals surface area contributed by atoms with Gasteiger partial charge < -0.3 is 15.4 Å². The highest BCUT2D eigenvalue weighted by atomic mass is 16.5. The molecule has 1 saturated carbocycles. The van der Waals surface area contributed by atoms with Gasteiger partial charge in [0.15, 0.2) is 0 Å². The highest BCUT2D eigenvalue weighted by molar-refractivity contribution is 5.77. The summed E-state index contributed by atoms with van der Waals surface area (Å²) in [7, 11) is 0. The van der Waals surface area contributed by atoms with Gasteiger partial charge in [0, 0.05) is 31.7 Å². The summed E-state index contributed by atoms with van der Waals surface area (Å²) < 4.78 is 5.63. The zero-order chi connectivity index (χ0) is 13.0. The van der Waals surface area contributed by atoms with Gasteiger partial charge in [-0.25, -0.2) is 0 Å². The number of amides is 1. The highest BCUT2D eigenvalue weighted by Gasteiger charge is 2.34. The van der Waals surface area contributed by atoms with Crippen LogP contribution in [0.15, 0.2) is 0 Å². The van der Waals surface area contributed by atoms with Crippen LogP contribution in [0.3, 0.4) is 0 Å². The van der Waals surface area contributed by atoms with Crippen molar-refractivity contribution in [2.45, 2.75) is 63.5 Å². The number of carbonyl (C=O) groups excluding carboxylic acids is 1. The molecule has 1 heterocycles. The Labute approximate surface area is 110 Å². The Morgan fingerprint density at radius 1 is 1.39 bits per heavy atom. The van der Waals surface area contributed by atoms with Gasteiger partial charge in [0.05, 0.1) is 6.10 Å². The molecule has 104 valence electrons. The summed E-state index contributed by atoms with van der Waals surface area (Å²) in [6.45, 7) is 4.36. The lowest BCUT2D eigenvalue weighted by Crippen LogP contribution is -2.48. The van der Waals surface area contributed by atoms with E-state index in [1.165, 1.54) is 12.8 Å². The molecule has 4 nitrogen and oxygen atoms in total. The second-order valence-corrected chi connectivity index (χ2v) is 5.81. The molecule has 0 radical (unpaired) electrons. The summed E-state index contributed by atoms with van der Waals surface area (Å²) in [5, 5.41) is 0. The minimum Gasteiger partial charge on any atom is -0.377 e. The summed E-state index contributed by atoms with van der Waals surface area (Å²) >= 11 is 0. The molecule has 2 fully saturated rings. The van der Waals surface area contributed by atoms with E-state index in [2.05, 4.69) is 0 Å². The summed E-state index contributed by atoms with van der Waals surface area (Å²) in [5.74, 6) is 0.226. The van der Waals surface area contributed by atoms with Crippen LogP contribution in [-0.4, -0.2) is 42.1 Å². The minimum absolute atomic E-state index is 0.226. The van der Waals surface area contributed by atoms with Gasteiger partial charge in [-0.3, -0.25) is 4.79 Å². The molecule has 2 N–H and O–H groups in total. The predicted octanol–water partition coefficient (Wildman–Crippen LogP) is 1.68. The van der Waals surface area contributed by atoms with Crippen molar-refractivity contribution in [2.24, 2.45) is 5.73 Å². The standard InChI is InChI=1S/C14H26N2O2/c1-2-18-12-6-5-9-16(11-12)13(17)10-14(15)7-3-4-8-14/h12H,2-11,15H2,1H3. The lowest BCUT2D eigenvalue weighted by atomic mass is 9.93. The second kappa shape index (κ2) is 6.02. The van der Waals surface area contributed by atoms with Crippen LogP contribution < -0.4 is 5.73 Å². The molecule has 0 aromatic rings. The molecular formula is C14H26N2O2. The summed E-state index contributed by atoms with van der Waals surface area (Å²) in [6.07, 6.45) is 7.22. The molecule has 2 rings (SSSR count). The molecule has 0 spiro atoms. The molecule has 0 bridgehead atoms. The van der Waals surface area contributed by atoms with Gasteiger partial charge in [-0.2, -0.15) is 0 Å². The molecule has 4 heteroatoms. The fourth-order valence-corrected chi connectivity index (χ4v) is 3.21. The molecule has 2 aliphatic rings. The van der Waals surface area contributed by atoms with E-state index in [9.17, 15) is 4.79 Å². The number of likely N-dealkylation sites (tertiary alicyclic amines) is 1. The van der Waals surface area contributed by atoms with Crippen molar-refractivity contribution in [1.29, 1.82) is 0 Å². The zero-order valence-electron chi connectivity index (χ0n) is 11.5. The number of carbonyl (C=O) groups is 1. The molecule has 1 unspecified atom stereocenters. The fourth-order valence-electron chi connectivity index (χ4n) is 3.21. The van der Waals surface area contributed by atoms with Crippen LogP contribution in [0.25, 0.3) is 0 Å². The van der Waals surface area contributed by atoms with Crippen molar-refractivity contribution < 1.29 is 9.53 Å². The topological polar surface area (TPSA) is 55.6 Å². The van der Waals surface area contributed by atoms with Gasteiger partial charge in [0.2, 0.25) is 5.91 Å². The van der Waals surface area contributed by atoms with Gasteiger partial charge in [0.25, 0.3) is 0 Å². The summed E-state index contributed by atoms with van der Waals surface area (Å²) in [6, 6.07) is 0. The highest BCUT2D eigenvalue weighted by Crippen LogP contribution is 2.31. The first kappa shape index (κ1) is 13.8. The molecule has 1 atom stereocenters. The molecule has 1 amide bonds. The molecule has 0 aromatic heterocycles. The van der Waals surface area contributed by atoms with Gasteiger partial charge in [-0.15, -0.1) is 0 Å². The predicted molar refractivity (Wildman–Crippen MR) is 71.2 cm³/mol. The average Bonchev–Trinajstić information content (AvgIpc) is 2.76. The first-order valence-corrected chi connectivity index (χ1v) is 7.31. The van der Waals surface area contributed by atoms with E-state index in [1.54, 1.807) is 0 Å². The fraction of sp³-hybridized carbons (Fsp3) is 0.929. The SMILES string of the molecule is CCOC1CCCN(C(=O)CC2(N)CCCC2)C1. The molecule has 1 saturated heterocycles. The van der Waals surface area contributed by atoms with Crippen LogP contribution in [0.5, 0.6) is 0 Å². The Morgan fingerprint density at radius 3 is 2.78 bits per heavy atom. The second-order valence-electron chi connectivity index (χ2n) is 5.81. The monoisotopic (exact) mass is 254 g/mol. The smallest absolute Gasteiger partial charge is 0.224 e. The molecular weight excluding hydrogens is 228 g/mol. The number of hydrogen-bond acceptors (Lipinski definition) is 3. The van der Waals surface area contributed by atoms with E-state index in [0.29, 0.717) is 6.42 Å². The van der Waals surface area contributed by atoms with Crippen molar-refractivity contribution in [1.82, 2.24) is 4.90 Å². The Kier molecular flexibility index (Phi) is 4.62. The Morgan fingerprint density at radius 2 is 2.11 bits per heavy atom. The van der Waals surface area contributed by atoms with E-state index in [-0.39, 0.29) is 17.6 Å². The van der Waals surface area contributed by atoms with Gasteiger partial charge in [-0.05, 0) is 32.6 Å². The van der Waals surface area contributed by atoms with Crippen LogP contribution in [-0.2, 0) is 9.53 Å². The van der Waals surface area contributed by atoms with E-state index < -0.39 is 0 Å². The third kappa shape index (κ3) is 3.45. The first-order chi connectivity index (χ1) is 8.63. The van der Waals surface area contributed by atoms with Crippen molar-refractivity contribution >= 4 is 5.91 Å². The van der Waals surface area contributed by atoms with Crippen molar-refractivity contribution in [3.8, 4) is 0 Å². The Bertz CT molecular complexity index is 286. The maximum absolute atomic E-state index is 12.3. The van der Waals surface area contributed by atoms with Crippen LogP contribution in [0.1, 0.15) is 51.9 Å². The third-order valence-electron chi connectivity index (χ3n) is 4.24. The normalized spacial score (nSPS) is 27.4. The van der Waals surface area contributed by atoms with Crippen molar-refractivity contribution in [3.05, 3.63) is 0 Å². The number of nitrogens with zero attached hydrogens (tertiary/aromatic N) is 1. The average molecular weight is 254 g/mol. The first-order valence-electron chi connectivity index (χ1n) is 7.31. The molecule has 18 heavy (non-hydrogen) atoms. The third-order valence-corrected chi connectivity index (χ3v) is 4.24. The van der Waals surface area contributed by atoms with Crippen LogP contribution >= 0.6 is 0 Å². The van der Waals surface area contributed by atoms with E-state index in [4.69, 9.17) is 10.5 Å². The number of piperidine rings is 1.